The Hall–Kier alpha value is -1.96. The number of nitro groups is 1. The van der Waals surface area contributed by atoms with Crippen LogP contribution in [0, 0.1) is 17.0 Å². The zero-order valence-electron chi connectivity index (χ0n) is 11.5. The van der Waals surface area contributed by atoms with Gasteiger partial charge in [0.1, 0.15) is 5.69 Å². The molecule has 0 atom stereocenters. The number of aromatic nitrogens is 2. The van der Waals surface area contributed by atoms with Crippen LogP contribution in [0.4, 0.5) is 17.5 Å². The summed E-state index contributed by atoms with van der Waals surface area (Å²) >= 11 is 0. The molecule has 8 heteroatoms. The first kappa shape index (κ1) is 15.1. The lowest BCUT2D eigenvalue weighted by atomic mass is 10.0. The third-order valence-corrected chi connectivity index (χ3v) is 2.66. The lowest BCUT2D eigenvalue weighted by Gasteiger charge is -2.26. The van der Waals surface area contributed by atoms with E-state index in [1.165, 1.54) is 0 Å². The van der Waals surface area contributed by atoms with Gasteiger partial charge in [-0.2, -0.15) is 4.98 Å². The Kier molecular flexibility index (Phi) is 4.60. The van der Waals surface area contributed by atoms with Gasteiger partial charge in [-0.1, -0.05) is 0 Å². The van der Waals surface area contributed by atoms with Crippen molar-refractivity contribution in [2.24, 2.45) is 0 Å². The van der Waals surface area contributed by atoms with Gasteiger partial charge >= 0.3 is 5.69 Å². The topological polar surface area (TPSA) is 113 Å². The van der Waals surface area contributed by atoms with Crippen molar-refractivity contribution in [3.8, 4) is 0 Å². The molecule has 1 heterocycles. The normalized spacial score (nSPS) is 11.2. The average Bonchev–Trinajstić information content (AvgIpc) is 2.26. The van der Waals surface area contributed by atoms with Gasteiger partial charge in [0.15, 0.2) is 0 Å². The fourth-order valence-corrected chi connectivity index (χ4v) is 1.65. The first-order chi connectivity index (χ1) is 8.80. The van der Waals surface area contributed by atoms with Crippen LogP contribution >= 0.6 is 0 Å². The molecule has 0 saturated heterocycles. The second-order valence-electron chi connectivity index (χ2n) is 4.82. The van der Waals surface area contributed by atoms with E-state index >= 15 is 0 Å². The van der Waals surface area contributed by atoms with Crippen LogP contribution in [0.3, 0.4) is 0 Å². The average molecular weight is 269 g/mol. The van der Waals surface area contributed by atoms with Gasteiger partial charge in [0.25, 0.3) is 0 Å². The maximum atomic E-state index is 11.1. The minimum absolute atomic E-state index is 0.0171. The highest BCUT2D eigenvalue weighted by Gasteiger charge is 2.26. The molecule has 0 radical (unpaired) electrons. The molecule has 0 aromatic carbocycles. The molecule has 1 aromatic heterocycles. The highest BCUT2D eigenvalue weighted by Crippen LogP contribution is 2.29. The Labute approximate surface area is 111 Å². The molecule has 1 aromatic rings. The summed E-state index contributed by atoms with van der Waals surface area (Å²) in [4.78, 5) is 18.7. The van der Waals surface area contributed by atoms with Gasteiger partial charge < -0.3 is 15.7 Å². The van der Waals surface area contributed by atoms with Crippen LogP contribution in [0.2, 0.25) is 0 Å². The number of aliphatic hydroxyl groups is 1. The van der Waals surface area contributed by atoms with Gasteiger partial charge in [0.05, 0.1) is 4.92 Å². The zero-order chi connectivity index (χ0) is 14.6. The summed E-state index contributed by atoms with van der Waals surface area (Å²) in [6.07, 6.45) is 0.447. The van der Waals surface area contributed by atoms with Crippen molar-refractivity contribution in [3.05, 3.63) is 15.8 Å². The summed E-state index contributed by atoms with van der Waals surface area (Å²) in [5.74, 6) is 0.464. The molecule has 19 heavy (non-hydrogen) atoms. The fraction of sp³-hybridized carbons (Fsp3) is 0.636. The van der Waals surface area contributed by atoms with E-state index in [0.717, 1.165) is 0 Å². The van der Waals surface area contributed by atoms with E-state index in [9.17, 15) is 10.1 Å². The molecule has 8 nitrogen and oxygen atoms in total. The van der Waals surface area contributed by atoms with Crippen molar-refractivity contribution in [2.75, 3.05) is 24.3 Å². The van der Waals surface area contributed by atoms with Crippen molar-refractivity contribution in [1.29, 1.82) is 0 Å². The van der Waals surface area contributed by atoms with Crippen molar-refractivity contribution in [1.82, 2.24) is 9.97 Å². The quantitative estimate of drug-likeness (QED) is 0.527. The van der Waals surface area contributed by atoms with E-state index in [4.69, 9.17) is 5.11 Å². The van der Waals surface area contributed by atoms with Crippen LogP contribution in [0.25, 0.3) is 0 Å². The molecule has 0 saturated carbocycles. The van der Waals surface area contributed by atoms with Crippen LogP contribution in [-0.2, 0) is 0 Å². The minimum Gasteiger partial charge on any atom is -0.396 e. The Bertz CT molecular complexity index is 476. The number of hydrogen-bond acceptors (Lipinski definition) is 7. The monoisotopic (exact) mass is 269 g/mol. The third kappa shape index (κ3) is 3.75. The van der Waals surface area contributed by atoms with Gasteiger partial charge in [0, 0.05) is 19.2 Å². The van der Waals surface area contributed by atoms with Gasteiger partial charge in [-0.15, -0.1) is 0 Å². The predicted octanol–water partition coefficient (Wildman–Crippen LogP) is 1.31. The largest absolute Gasteiger partial charge is 0.396 e. The number of nitrogens with one attached hydrogen (secondary N) is 2. The summed E-state index contributed by atoms with van der Waals surface area (Å²) in [7, 11) is 1.64. The molecule has 0 spiro atoms. The van der Waals surface area contributed by atoms with Crippen LogP contribution in [0.1, 0.15) is 26.0 Å². The number of rotatable bonds is 6. The van der Waals surface area contributed by atoms with Crippen molar-refractivity contribution >= 4 is 17.5 Å². The van der Waals surface area contributed by atoms with E-state index < -0.39 is 10.5 Å². The highest BCUT2D eigenvalue weighted by molar-refractivity contribution is 5.61. The van der Waals surface area contributed by atoms with Crippen LogP contribution in [0.5, 0.6) is 0 Å². The first-order valence-electron chi connectivity index (χ1n) is 5.90. The van der Waals surface area contributed by atoms with E-state index in [1.807, 2.05) is 13.8 Å². The third-order valence-electron chi connectivity index (χ3n) is 2.66. The van der Waals surface area contributed by atoms with Gasteiger partial charge in [-0.05, 0) is 27.2 Å². The van der Waals surface area contributed by atoms with Crippen molar-refractivity contribution in [3.63, 3.8) is 0 Å². The lowest BCUT2D eigenvalue weighted by molar-refractivity contribution is -0.385. The Balaban J connectivity index is 3.23. The van der Waals surface area contributed by atoms with Crippen molar-refractivity contribution < 1.29 is 10.0 Å². The van der Waals surface area contributed by atoms with Crippen molar-refractivity contribution in [2.45, 2.75) is 32.7 Å². The molecular formula is C11H19N5O3. The number of anilines is 2. The van der Waals surface area contributed by atoms with Gasteiger partial charge in [0.2, 0.25) is 11.8 Å². The second kappa shape index (κ2) is 5.79. The second-order valence-corrected chi connectivity index (χ2v) is 4.82. The molecule has 0 unspecified atom stereocenters. The zero-order valence-corrected chi connectivity index (χ0v) is 11.5. The molecule has 0 amide bonds. The van der Waals surface area contributed by atoms with E-state index in [1.54, 1.807) is 14.0 Å². The van der Waals surface area contributed by atoms with E-state index in [2.05, 4.69) is 20.6 Å². The molecule has 0 aliphatic rings. The Morgan fingerprint density at radius 3 is 2.53 bits per heavy atom. The van der Waals surface area contributed by atoms with E-state index in [-0.39, 0.29) is 23.8 Å². The van der Waals surface area contributed by atoms with E-state index in [0.29, 0.717) is 12.4 Å². The smallest absolute Gasteiger partial charge is 0.332 e. The van der Waals surface area contributed by atoms with Crippen LogP contribution < -0.4 is 10.6 Å². The first-order valence-corrected chi connectivity index (χ1v) is 5.90. The predicted molar refractivity (Wildman–Crippen MR) is 72.4 cm³/mol. The standard InChI is InChI=1S/C11H19N5O3/c1-7-8(16(18)19)9(14-10(12-4)13-7)15-11(2,3)5-6-17/h17H,5-6H2,1-4H3,(H2,12,13,14,15). The van der Waals surface area contributed by atoms with Gasteiger partial charge in [-0.3, -0.25) is 10.1 Å². The fourth-order valence-electron chi connectivity index (χ4n) is 1.65. The molecule has 0 bridgehead atoms. The maximum absolute atomic E-state index is 11.1. The summed E-state index contributed by atoms with van der Waals surface area (Å²) in [6, 6.07) is 0. The Morgan fingerprint density at radius 1 is 1.42 bits per heavy atom. The Morgan fingerprint density at radius 2 is 2.05 bits per heavy atom. The summed E-state index contributed by atoms with van der Waals surface area (Å²) in [5.41, 5.74) is -0.373. The number of aryl methyl sites for hydroxylation is 1. The molecule has 0 aliphatic heterocycles. The molecule has 0 aliphatic carbocycles. The maximum Gasteiger partial charge on any atom is 0.332 e. The van der Waals surface area contributed by atoms with Crippen LogP contribution in [-0.4, -0.2) is 39.2 Å². The molecule has 3 N–H and O–H groups in total. The minimum atomic E-state index is -0.509. The van der Waals surface area contributed by atoms with Gasteiger partial charge in [-0.25, -0.2) is 4.98 Å². The number of nitrogens with zero attached hydrogens (tertiary/aromatic N) is 3. The molecule has 1 rings (SSSR count). The summed E-state index contributed by atoms with van der Waals surface area (Å²) in [5, 5.41) is 25.8. The molecule has 0 fully saturated rings. The number of aliphatic hydroxyl groups excluding tert-OH is 1. The lowest BCUT2D eigenvalue weighted by Crippen LogP contribution is -2.33. The SMILES string of the molecule is CNc1nc(C)c([N+](=O)[O-])c(NC(C)(C)CCO)n1. The van der Waals surface area contributed by atoms with Crippen LogP contribution in [0.15, 0.2) is 0 Å². The summed E-state index contributed by atoms with van der Waals surface area (Å²) in [6.45, 7) is 5.22. The highest BCUT2D eigenvalue weighted by atomic mass is 16.6. The summed E-state index contributed by atoms with van der Waals surface area (Å²) < 4.78 is 0. The number of hydrogen-bond donors (Lipinski definition) is 3. The molecule has 106 valence electrons. The molecular weight excluding hydrogens is 250 g/mol.